The highest BCUT2D eigenvalue weighted by atomic mass is 16.3. The fourth-order valence-corrected chi connectivity index (χ4v) is 1.94. The van der Waals surface area contributed by atoms with Crippen molar-refractivity contribution in [3.05, 3.63) is 47.2 Å². The minimum Gasteiger partial charge on any atom is -0.453 e. The molecule has 1 heterocycles. The lowest BCUT2D eigenvalue weighted by Gasteiger charge is -2.07. The van der Waals surface area contributed by atoms with Crippen LogP contribution in [0.15, 0.2) is 34.7 Å². The molecule has 1 aromatic heterocycles. The molecule has 0 bridgehead atoms. The average Bonchev–Trinajstić information content (AvgIpc) is 2.86. The Bertz CT molecular complexity index is 523. The molecule has 0 radical (unpaired) electrons. The van der Waals surface area contributed by atoms with Crippen LogP contribution in [0.1, 0.15) is 35.5 Å². The highest BCUT2D eigenvalue weighted by molar-refractivity contribution is 5.73. The Morgan fingerprint density at radius 1 is 1.12 bits per heavy atom. The number of carbonyl (C=O) groups excluding carboxylic acids is 1. The number of hydrogen-bond acceptors (Lipinski definition) is 2. The smallest absolute Gasteiger partial charge is 0.185 e. The maximum atomic E-state index is 10.6. The molecule has 0 unspecified atom stereocenters. The Balaban J connectivity index is 2.51. The highest BCUT2D eigenvalue weighted by Crippen LogP contribution is 2.27. The zero-order valence-electron chi connectivity index (χ0n) is 10.2. The summed E-state index contributed by atoms with van der Waals surface area (Å²) in [6.07, 6.45) is 2.69. The first-order valence-electron chi connectivity index (χ1n) is 5.95. The predicted molar refractivity (Wildman–Crippen MR) is 68.3 cm³/mol. The molecule has 0 aliphatic heterocycles. The van der Waals surface area contributed by atoms with E-state index in [1.165, 1.54) is 11.1 Å². The van der Waals surface area contributed by atoms with Crippen LogP contribution in [0, 0.1) is 0 Å². The third-order valence-corrected chi connectivity index (χ3v) is 2.97. The minimum atomic E-state index is 0.379. The van der Waals surface area contributed by atoms with Gasteiger partial charge >= 0.3 is 0 Å². The molecule has 0 amide bonds. The van der Waals surface area contributed by atoms with Gasteiger partial charge in [0.25, 0.3) is 0 Å². The molecule has 2 nitrogen and oxygen atoms in total. The largest absolute Gasteiger partial charge is 0.453 e. The van der Waals surface area contributed by atoms with E-state index in [0.29, 0.717) is 5.76 Å². The van der Waals surface area contributed by atoms with E-state index in [4.69, 9.17) is 4.42 Å². The summed E-state index contributed by atoms with van der Waals surface area (Å²) in [6, 6.07) is 9.99. The molecule has 0 spiro atoms. The second-order valence-electron chi connectivity index (χ2n) is 4.02. The van der Waals surface area contributed by atoms with Gasteiger partial charge in [-0.2, -0.15) is 0 Å². The van der Waals surface area contributed by atoms with Gasteiger partial charge in [0.15, 0.2) is 12.0 Å². The molecule has 0 saturated heterocycles. The number of benzene rings is 1. The molecular weight excluding hydrogens is 212 g/mol. The van der Waals surface area contributed by atoms with Gasteiger partial charge in [-0.15, -0.1) is 0 Å². The third kappa shape index (κ3) is 2.31. The molecule has 17 heavy (non-hydrogen) atoms. The molecule has 1 aromatic carbocycles. The molecule has 0 aliphatic carbocycles. The standard InChI is InChI=1S/C15H16O2/c1-3-11-5-6-12(4-2)14(9-11)15-8-7-13(10-16)17-15/h5-10H,3-4H2,1-2H3. The van der Waals surface area contributed by atoms with E-state index in [1.54, 1.807) is 6.07 Å². The number of aldehydes is 1. The van der Waals surface area contributed by atoms with E-state index in [2.05, 4.69) is 32.0 Å². The van der Waals surface area contributed by atoms with Gasteiger partial charge in [-0.05, 0) is 42.2 Å². The van der Waals surface area contributed by atoms with Crippen molar-refractivity contribution in [2.24, 2.45) is 0 Å². The van der Waals surface area contributed by atoms with Crippen LogP contribution in [0.2, 0.25) is 0 Å². The van der Waals surface area contributed by atoms with Crippen LogP contribution in [0.4, 0.5) is 0 Å². The van der Waals surface area contributed by atoms with Crippen molar-refractivity contribution in [1.82, 2.24) is 0 Å². The molecule has 0 atom stereocenters. The van der Waals surface area contributed by atoms with E-state index >= 15 is 0 Å². The van der Waals surface area contributed by atoms with E-state index in [1.807, 2.05) is 6.07 Å². The number of aryl methyl sites for hydroxylation is 2. The van der Waals surface area contributed by atoms with Gasteiger partial charge in [0.1, 0.15) is 5.76 Å². The molecule has 0 fully saturated rings. The van der Waals surface area contributed by atoms with E-state index in [9.17, 15) is 4.79 Å². The van der Waals surface area contributed by atoms with Crippen molar-refractivity contribution in [2.75, 3.05) is 0 Å². The van der Waals surface area contributed by atoms with Crippen LogP contribution >= 0.6 is 0 Å². The van der Waals surface area contributed by atoms with Crippen LogP contribution in [-0.4, -0.2) is 6.29 Å². The van der Waals surface area contributed by atoms with Crippen molar-refractivity contribution in [1.29, 1.82) is 0 Å². The van der Waals surface area contributed by atoms with Crippen molar-refractivity contribution >= 4 is 6.29 Å². The lowest BCUT2D eigenvalue weighted by atomic mass is 9.99. The summed E-state index contributed by atoms with van der Waals surface area (Å²) in [5.74, 6) is 1.16. The highest BCUT2D eigenvalue weighted by Gasteiger charge is 2.09. The van der Waals surface area contributed by atoms with Crippen molar-refractivity contribution < 1.29 is 9.21 Å². The summed E-state index contributed by atoms with van der Waals surface area (Å²) in [5.41, 5.74) is 3.62. The first-order chi connectivity index (χ1) is 8.28. The quantitative estimate of drug-likeness (QED) is 0.743. The molecule has 0 aliphatic rings. The molecule has 2 heteroatoms. The second kappa shape index (κ2) is 5.00. The second-order valence-corrected chi connectivity index (χ2v) is 4.02. The normalized spacial score (nSPS) is 10.5. The molecule has 88 valence electrons. The van der Waals surface area contributed by atoms with Crippen LogP contribution < -0.4 is 0 Å². The fraction of sp³-hybridized carbons (Fsp3) is 0.267. The zero-order chi connectivity index (χ0) is 12.3. The lowest BCUT2D eigenvalue weighted by Crippen LogP contribution is -1.89. The fourth-order valence-electron chi connectivity index (χ4n) is 1.94. The van der Waals surface area contributed by atoms with Crippen molar-refractivity contribution in [3.63, 3.8) is 0 Å². The summed E-state index contributed by atoms with van der Waals surface area (Å²) in [5, 5.41) is 0. The molecule has 2 rings (SSSR count). The van der Waals surface area contributed by atoms with E-state index in [-0.39, 0.29) is 0 Å². The van der Waals surface area contributed by atoms with Gasteiger partial charge in [0, 0.05) is 5.56 Å². The molecule has 0 saturated carbocycles. The monoisotopic (exact) mass is 228 g/mol. The predicted octanol–water partition coefficient (Wildman–Crippen LogP) is 3.88. The summed E-state index contributed by atoms with van der Waals surface area (Å²) >= 11 is 0. The first-order valence-corrected chi connectivity index (χ1v) is 5.95. The van der Waals surface area contributed by atoms with Gasteiger partial charge in [-0.3, -0.25) is 4.79 Å². The summed E-state index contributed by atoms with van der Waals surface area (Å²) < 4.78 is 5.49. The Morgan fingerprint density at radius 3 is 2.53 bits per heavy atom. The minimum absolute atomic E-state index is 0.379. The Hall–Kier alpha value is -1.83. The number of rotatable bonds is 4. The van der Waals surface area contributed by atoms with Gasteiger partial charge < -0.3 is 4.42 Å². The number of furan rings is 1. The summed E-state index contributed by atoms with van der Waals surface area (Å²) in [7, 11) is 0. The molecule has 2 aromatic rings. The lowest BCUT2D eigenvalue weighted by molar-refractivity contribution is 0.110. The topological polar surface area (TPSA) is 30.2 Å². The number of hydrogen-bond donors (Lipinski definition) is 0. The average molecular weight is 228 g/mol. The van der Waals surface area contributed by atoms with Gasteiger partial charge in [0.05, 0.1) is 0 Å². The Labute approximate surface area is 101 Å². The third-order valence-electron chi connectivity index (χ3n) is 2.97. The SMILES string of the molecule is CCc1ccc(CC)c(-c2ccc(C=O)o2)c1. The zero-order valence-corrected chi connectivity index (χ0v) is 10.2. The maximum absolute atomic E-state index is 10.6. The van der Waals surface area contributed by atoms with Crippen molar-refractivity contribution in [2.45, 2.75) is 26.7 Å². The Morgan fingerprint density at radius 2 is 1.94 bits per heavy atom. The van der Waals surface area contributed by atoms with Crippen LogP contribution in [-0.2, 0) is 12.8 Å². The van der Waals surface area contributed by atoms with Gasteiger partial charge in [0.2, 0.25) is 0 Å². The first kappa shape index (κ1) is 11.6. The Kier molecular flexibility index (Phi) is 3.43. The summed E-state index contributed by atoms with van der Waals surface area (Å²) in [4.78, 5) is 10.6. The van der Waals surface area contributed by atoms with Crippen LogP contribution in [0.25, 0.3) is 11.3 Å². The van der Waals surface area contributed by atoms with Crippen LogP contribution in [0.3, 0.4) is 0 Å². The van der Waals surface area contributed by atoms with Gasteiger partial charge in [-0.1, -0.05) is 26.0 Å². The number of carbonyl (C=O) groups is 1. The van der Waals surface area contributed by atoms with Crippen LogP contribution in [0.5, 0.6) is 0 Å². The molecular formula is C15H16O2. The van der Waals surface area contributed by atoms with E-state index < -0.39 is 0 Å². The maximum Gasteiger partial charge on any atom is 0.185 e. The van der Waals surface area contributed by atoms with Crippen molar-refractivity contribution in [3.8, 4) is 11.3 Å². The summed E-state index contributed by atoms with van der Waals surface area (Å²) in [6.45, 7) is 4.25. The van der Waals surface area contributed by atoms with E-state index in [0.717, 1.165) is 30.5 Å². The molecule has 0 N–H and O–H groups in total. The van der Waals surface area contributed by atoms with Gasteiger partial charge in [-0.25, -0.2) is 0 Å².